The number of thioether (sulfide) groups is 1. The van der Waals surface area contributed by atoms with Crippen molar-refractivity contribution in [3.63, 3.8) is 0 Å². The molecule has 1 fully saturated rings. The van der Waals surface area contributed by atoms with Crippen molar-refractivity contribution >= 4 is 34.1 Å². The van der Waals surface area contributed by atoms with Gasteiger partial charge in [0.15, 0.2) is 15.8 Å². The molecule has 0 aliphatic carbocycles. The van der Waals surface area contributed by atoms with E-state index >= 15 is 0 Å². The number of rotatable bonds is 7. The number of anilines is 1. The van der Waals surface area contributed by atoms with Crippen molar-refractivity contribution in [2.75, 3.05) is 30.8 Å². The van der Waals surface area contributed by atoms with Crippen LogP contribution in [-0.2, 0) is 11.3 Å². The molecule has 0 bridgehead atoms. The molecule has 1 amide bonds. The second-order valence-electron chi connectivity index (χ2n) is 7.24. The number of ether oxygens (including phenoxy) is 2. The highest BCUT2D eigenvalue weighted by Gasteiger charge is 2.31. The van der Waals surface area contributed by atoms with Crippen LogP contribution in [0.25, 0.3) is 0 Å². The number of fused-ring (bicyclic) bond motifs is 1. The van der Waals surface area contributed by atoms with Crippen molar-refractivity contribution in [1.82, 2.24) is 15.1 Å². The van der Waals surface area contributed by atoms with Gasteiger partial charge >= 0.3 is 0 Å². The molecule has 162 valence electrons. The Morgan fingerprint density at radius 1 is 1.23 bits per heavy atom. The van der Waals surface area contributed by atoms with E-state index in [1.54, 1.807) is 6.26 Å². The number of carbonyl (C=O) groups excluding carboxylic acids is 1. The third-order valence-corrected chi connectivity index (χ3v) is 7.24. The SMILES string of the molecule is O=C(CSc1nnc(NCc2ccco2)s1)N1CCC[C@H]1c1ccc2c(c1)OCCO2. The van der Waals surface area contributed by atoms with Crippen molar-refractivity contribution in [3.05, 3.63) is 47.9 Å². The Morgan fingerprint density at radius 3 is 3.00 bits per heavy atom. The van der Waals surface area contributed by atoms with Crippen LogP contribution in [0.2, 0.25) is 0 Å². The maximum atomic E-state index is 13.0. The largest absolute Gasteiger partial charge is 0.486 e. The second-order valence-corrected chi connectivity index (χ2v) is 9.44. The van der Waals surface area contributed by atoms with E-state index in [0.29, 0.717) is 30.6 Å². The fourth-order valence-electron chi connectivity index (χ4n) is 3.80. The monoisotopic (exact) mass is 458 g/mol. The van der Waals surface area contributed by atoms with E-state index in [1.807, 2.05) is 35.2 Å². The molecule has 8 nitrogen and oxygen atoms in total. The molecule has 2 aromatic heterocycles. The lowest BCUT2D eigenvalue weighted by molar-refractivity contribution is -0.129. The van der Waals surface area contributed by atoms with Gasteiger partial charge in [0.1, 0.15) is 19.0 Å². The van der Waals surface area contributed by atoms with E-state index in [4.69, 9.17) is 13.9 Å². The Morgan fingerprint density at radius 2 is 2.13 bits per heavy atom. The summed E-state index contributed by atoms with van der Waals surface area (Å²) in [6.45, 7) is 2.45. The van der Waals surface area contributed by atoms with Crippen LogP contribution in [0.3, 0.4) is 0 Å². The summed E-state index contributed by atoms with van der Waals surface area (Å²) in [5, 5.41) is 12.2. The van der Waals surface area contributed by atoms with Crippen molar-refractivity contribution in [2.24, 2.45) is 0 Å². The molecule has 0 spiro atoms. The lowest BCUT2D eigenvalue weighted by Crippen LogP contribution is -2.32. The number of benzene rings is 1. The van der Waals surface area contributed by atoms with Gasteiger partial charge in [-0.05, 0) is 42.7 Å². The van der Waals surface area contributed by atoms with Gasteiger partial charge in [-0.1, -0.05) is 29.2 Å². The first kappa shape index (κ1) is 20.2. The zero-order valence-corrected chi connectivity index (χ0v) is 18.4. The van der Waals surface area contributed by atoms with Crippen LogP contribution in [0.4, 0.5) is 5.13 Å². The van der Waals surface area contributed by atoms with Crippen molar-refractivity contribution in [3.8, 4) is 11.5 Å². The topological polar surface area (TPSA) is 89.7 Å². The summed E-state index contributed by atoms with van der Waals surface area (Å²) in [5.41, 5.74) is 1.10. The molecule has 0 saturated carbocycles. The number of amides is 1. The van der Waals surface area contributed by atoms with Crippen LogP contribution in [0.1, 0.15) is 30.2 Å². The molecular formula is C21H22N4O4S2. The van der Waals surface area contributed by atoms with E-state index in [2.05, 4.69) is 15.5 Å². The van der Waals surface area contributed by atoms with E-state index in [1.165, 1.54) is 23.1 Å². The minimum atomic E-state index is 0.0730. The summed E-state index contributed by atoms with van der Waals surface area (Å²) in [6.07, 6.45) is 3.59. The van der Waals surface area contributed by atoms with Crippen LogP contribution >= 0.6 is 23.1 Å². The summed E-state index contributed by atoms with van der Waals surface area (Å²) in [4.78, 5) is 14.9. The molecule has 4 heterocycles. The first-order valence-electron chi connectivity index (χ1n) is 10.2. The number of furan rings is 1. The quantitative estimate of drug-likeness (QED) is 0.532. The predicted molar refractivity (Wildman–Crippen MR) is 118 cm³/mol. The molecule has 2 aliphatic heterocycles. The molecule has 1 N–H and O–H groups in total. The molecule has 1 aromatic carbocycles. The number of hydrogen-bond donors (Lipinski definition) is 1. The van der Waals surface area contributed by atoms with Crippen molar-refractivity contribution in [1.29, 1.82) is 0 Å². The Labute approximate surface area is 187 Å². The fraction of sp³-hybridized carbons (Fsp3) is 0.381. The average Bonchev–Trinajstić information content (AvgIpc) is 3.57. The molecule has 2 aliphatic rings. The summed E-state index contributed by atoms with van der Waals surface area (Å²) in [5.74, 6) is 2.82. The molecule has 1 saturated heterocycles. The number of nitrogens with one attached hydrogen (secondary N) is 1. The molecule has 0 unspecified atom stereocenters. The van der Waals surface area contributed by atoms with Crippen LogP contribution in [-0.4, -0.2) is 46.5 Å². The third kappa shape index (κ3) is 4.64. The first-order chi connectivity index (χ1) is 15.3. The maximum Gasteiger partial charge on any atom is 0.233 e. The smallest absolute Gasteiger partial charge is 0.233 e. The van der Waals surface area contributed by atoms with E-state index < -0.39 is 0 Å². The Hall–Kier alpha value is -2.72. The lowest BCUT2D eigenvalue weighted by atomic mass is 10.0. The van der Waals surface area contributed by atoms with Gasteiger partial charge in [-0.25, -0.2) is 0 Å². The molecule has 10 heteroatoms. The van der Waals surface area contributed by atoms with Crippen molar-refractivity contribution < 1.29 is 18.7 Å². The fourth-order valence-corrected chi connectivity index (χ4v) is 5.43. The number of aromatic nitrogens is 2. The Balaban J connectivity index is 1.17. The van der Waals surface area contributed by atoms with Crippen LogP contribution < -0.4 is 14.8 Å². The number of nitrogens with zero attached hydrogens (tertiary/aromatic N) is 3. The van der Waals surface area contributed by atoms with Gasteiger partial charge in [0.2, 0.25) is 11.0 Å². The Bertz CT molecular complexity index is 1040. The molecule has 1 atom stereocenters. The van der Waals surface area contributed by atoms with Crippen LogP contribution in [0.5, 0.6) is 11.5 Å². The number of carbonyl (C=O) groups is 1. The van der Waals surface area contributed by atoms with Gasteiger partial charge in [-0.3, -0.25) is 4.79 Å². The highest BCUT2D eigenvalue weighted by atomic mass is 32.2. The predicted octanol–water partition coefficient (Wildman–Crippen LogP) is 3.97. The zero-order valence-electron chi connectivity index (χ0n) is 16.8. The number of likely N-dealkylation sites (tertiary alicyclic amines) is 1. The number of hydrogen-bond acceptors (Lipinski definition) is 9. The molecular weight excluding hydrogens is 436 g/mol. The van der Waals surface area contributed by atoms with Crippen LogP contribution in [0, 0.1) is 0 Å². The zero-order chi connectivity index (χ0) is 21.0. The highest BCUT2D eigenvalue weighted by Crippen LogP contribution is 2.38. The average molecular weight is 459 g/mol. The van der Waals surface area contributed by atoms with Crippen LogP contribution in [0.15, 0.2) is 45.4 Å². The second kappa shape index (κ2) is 9.19. The van der Waals surface area contributed by atoms with Gasteiger partial charge in [0, 0.05) is 6.54 Å². The van der Waals surface area contributed by atoms with Gasteiger partial charge in [-0.2, -0.15) is 0 Å². The Kier molecular flexibility index (Phi) is 5.99. The summed E-state index contributed by atoms with van der Waals surface area (Å²) >= 11 is 2.86. The maximum absolute atomic E-state index is 13.0. The van der Waals surface area contributed by atoms with Crippen molar-refractivity contribution in [2.45, 2.75) is 29.8 Å². The summed E-state index contributed by atoms with van der Waals surface area (Å²) < 4.78 is 17.4. The van der Waals surface area contributed by atoms with E-state index in [-0.39, 0.29) is 11.9 Å². The van der Waals surface area contributed by atoms with Gasteiger partial charge < -0.3 is 24.1 Å². The lowest BCUT2D eigenvalue weighted by Gasteiger charge is -2.26. The summed E-state index contributed by atoms with van der Waals surface area (Å²) in [7, 11) is 0. The van der Waals surface area contributed by atoms with Gasteiger partial charge in [-0.15, -0.1) is 10.2 Å². The van der Waals surface area contributed by atoms with E-state index in [9.17, 15) is 4.79 Å². The molecule has 3 aromatic rings. The third-order valence-electron chi connectivity index (χ3n) is 5.24. The van der Waals surface area contributed by atoms with E-state index in [0.717, 1.165) is 46.5 Å². The molecule has 0 radical (unpaired) electrons. The van der Waals surface area contributed by atoms with Gasteiger partial charge in [0.05, 0.1) is 24.6 Å². The normalized spacial score (nSPS) is 17.7. The first-order valence-corrected chi connectivity index (χ1v) is 12.0. The minimum absolute atomic E-state index is 0.0730. The highest BCUT2D eigenvalue weighted by molar-refractivity contribution is 8.01. The minimum Gasteiger partial charge on any atom is -0.486 e. The summed E-state index contributed by atoms with van der Waals surface area (Å²) in [6, 6.07) is 9.82. The van der Waals surface area contributed by atoms with Gasteiger partial charge in [0.25, 0.3) is 0 Å². The molecule has 5 rings (SSSR count). The molecule has 31 heavy (non-hydrogen) atoms. The standard InChI is InChI=1S/C21H22N4O4S2/c26-19(13-30-21-24-23-20(31-21)22-12-15-3-2-8-27-15)25-7-1-4-16(25)14-5-6-17-18(11-14)29-10-9-28-17/h2-3,5-6,8,11,16H,1,4,7,9-10,12-13H2,(H,22,23)/t16-/m0/s1.